The topological polar surface area (TPSA) is 355 Å². The zero-order chi connectivity index (χ0) is 106. The third-order valence-corrected chi connectivity index (χ3v) is 25.1. The van der Waals surface area contributed by atoms with Gasteiger partial charge in [0.1, 0.15) is 64.6 Å². The number of para-hydroxylation sites is 2. The number of imidazole rings is 1. The molecule has 0 saturated heterocycles. The molecule has 0 saturated carbocycles. The Morgan fingerprint density at radius 2 is 1.13 bits per heavy atom. The summed E-state index contributed by atoms with van der Waals surface area (Å²) >= 11 is 3.16. The lowest BCUT2D eigenvalue weighted by Gasteiger charge is -2.25. The summed E-state index contributed by atoms with van der Waals surface area (Å²) in [5.74, 6) is 5.66. The predicted octanol–water partition coefficient (Wildman–Crippen LogP) is 24.0. The highest BCUT2D eigenvalue weighted by Gasteiger charge is 2.24. The van der Waals surface area contributed by atoms with Gasteiger partial charge in [-0.05, 0) is 200 Å². The third-order valence-electron chi connectivity index (χ3n) is 23.0. The van der Waals surface area contributed by atoms with Crippen LogP contribution in [0.4, 0.5) is 33.6 Å². The Morgan fingerprint density at radius 3 is 1.75 bits per heavy atom. The number of fused-ring (bicyclic) bond motifs is 5. The number of aryl methyl sites for hydroxylation is 1. The number of benzene rings is 9. The molecule has 0 aliphatic rings. The van der Waals surface area contributed by atoms with Crippen molar-refractivity contribution in [2.75, 3.05) is 168 Å². The van der Waals surface area contributed by atoms with Crippen molar-refractivity contribution in [3.8, 4) is 68.8 Å². The highest BCUT2D eigenvalue weighted by Crippen LogP contribution is 2.39. The summed E-state index contributed by atoms with van der Waals surface area (Å²) in [6, 6.07) is 79.6. The number of methoxy groups -OCH3 is 3. The summed E-state index contributed by atoms with van der Waals surface area (Å²) in [6.45, 7) is 19.2. The lowest BCUT2D eigenvalue weighted by molar-refractivity contribution is -0.116. The molecule has 9 aromatic carbocycles. The molecule has 0 radical (unpaired) electrons. The fraction of sp³-hybridized carbons (Fsp3) is 0.263. The van der Waals surface area contributed by atoms with Gasteiger partial charge < -0.3 is 99.1 Å². The first-order valence-electron chi connectivity index (χ1n) is 49.6. The monoisotopic (exact) mass is 2060 g/mol. The Kier molecular flexibility index (Phi) is 44.8. The van der Waals surface area contributed by atoms with Crippen LogP contribution in [0.1, 0.15) is 109 Å². The first-order valence-corrected chi connectivity index (χ1v) is 51.2. The van der Waals surface area contributed by atoms with E-state index in [0.29, 0.717) is 135 Å². The van der Waals surface area contributed by atoms with Gasteiger partial charge in [-0.15, -0.1) is 0 Å². The maximum Gasteiger partial charge on any atom is 0.272 e. The minimum Gasteiger partial charge on any atom is -0.497 e. The molecule has 8 N–H and O–H groups in total. The van der Waals surface area contributed by atoms with Crippen LogP contribution in [0, 0.1) is 6.92 Å². The van der Waals surface area contributed by atoms with Gasteiger partial charge in [-0.3, -0.25) is 19.0 Å². The smallest absolute Gasteiger partial charge is 0.272 e. The first-order chi connectivity index (χ1) is 73.1. The molecular formula is C118H134N16O14S2. The number of carbonyl (C=O) groups is 2. The van der Waals surface area contributed by atoms with Crippen LogP contribution in [-0.2, 0) is 30.3 Å². The molecule has 0 spiro atoms. The SMILES string of the molecule is CCC(C)N(C)C(=O)c1cc2ccccc2c(-c2ccccc2N)n1.CCCOCCOCCOc1ccc(/C=C/c2ccc(NC)cc2)cc1.CCCOCCOCCOc1ccc(/C=C/c2ccc(NC)cc2)cn1.CN(C)c1ncc(/C=C/c2nc3ccc(OCCN)cc3o2)s1.COc1ccc(OC)c(CN(C(C)=O)c2cc(N)ccc2Oc2ccccc2)c1.COc1ccc2c(n1)sc1nc(-c3ccc(C)nc3)cn12. The predicted molar refractivity (Wildman–Crippen MR) is 609 cm³/mol. The lowest BCUT2D eigenvalue weighted by Crippen LogP contribution is -2.35. The summed E-state index contributed by atoms with van der Waals surface area (Å²) in [5.41, 5.74) is 34.4. The van der Waals surface area contributed by atoms with E-state index >= 15 is 0 Å². The van der Waals surface area contributed by atoms with Crippen LogP contribution < -0.4 is 70.8 Å². The second-order valence-electron chi connectivity index (χ2n) is 34.2. The second-order valence-corrected chi connectivity index (χ2v) is 36.2. The Morgan fingerprint density at radius 1 is 0.520 bits per heavy atom. The summed E-state index contributed by atoms with van der Waals surface area (Å²) in [4.78, 5) is 64.9. The van der Waals surface area contributed by atoms with E-state index in [1.54, 1.807) is 78.2 Å². The first kappa shape index (κ1) is 113. The van der Waals surface area contributed by atoms with Crippen LogP contribution in [0.5, 0.6) is 46.3 Å². The minimum absolute atomic E-state index is 0.0733. The molecule has 8 aromatic heterocycles. The lowest BCUT2D eigenvalue weighted by atomic mass is 10.0. The van der Waals surface area contributed by atoms with Crippen molar-refractivity contribution in [2.45, 2.75) is 73.4 Å². The summed E-state index contributed by atoms with van der Waals surface area (Å²) in [5, 5.41) is 9.16. The van der Waals surface area contributed by atoms with E-state index in [0.717, 1.165) is 147 Å². The number of pyridine rings is 4. The number of amides is 2. The molecule has 0 aliphatic heterocycles. The molecule has 32 heteroatoms. The maximum absolute atomic E-state index is 12.9. The number of nitrogen functional groups attached to an aromatic ring is 2. The Labute approximate surface area is 885 Å². The van der Waals surface area contributed by atoms with E-state index < -0.39 is 0 Å². The van der Waals surface area contributed by atoms with E-state index in [2.05, 4.69) is 120 Å². The number of hydrogen-bond acceptors (Lipinski definition) is 29. The number of ether oxygens (including phenoxy) is 11. The van der Waals surface area contributed by atoms with Crippen LogP contribution in [0.25, 0.3) is 96.2 Å². The van der Waals surface area contributed by atoms with Crippen molar-refractivity contribution in [3.63, 3.8) is 0 Å². The van der Waals surface area contributed by atoms with Crippen molar-refractivity contribution in [1.29, 1.82) is 0 Å². The molecule has 1 unspecified atom stereocenters. The summed E-state index contributed by atoms with van der Waals surface area (Å²) in [6.07, 6.45) is 22.5. The highest BCUT2D eigenvalue weighted by molar-refractivity contribution is 7.23. The normalized spacial score (nSPS) is 11.2. The van der Waals surface area contributed by atoms with Crippen molar-refractivity contribution in [1.82, 2.24) is 44.2 Å². The van der Waals surface area contributed by atoms with E-state index in [4.69, 9.17) is 78.7 Å². The van der Waals surface area contributed by atoms with Gasteiger partial charge in [-0.2, -0.15) is 0 Å². The third kappa shape index (κ3) is 34.5. The molecule has 0 aliphatic carbocycles. The average molecular weight is 2060 g/mol. The number of anilines is 6. The molecule has 1 atom stereocenters. The summed E-state index contributed by atoms with van der Waals surface area (Å²) in [7, 11) is 14.4. The number of rotatable bonds is 43. The number of hydrogen-bond donors (Lipinski definition) is 5. The summed E-state index contributed by atoms with van der Waals surface area (Å²) < 4.78 is 68.1. The van der Waals surface area contributed by atoms with Gasteiger partial charge >= 0.3 is 0 Å². The number of carbonyl (C=O) groups excluding carboxylic acids is 2. The fourth-order valence-electron chi connectivity index (χ4n) is 14.6. The van der Waals surface area contributed by atoms with Crippen LogP contribution >= 0.6 is 22.7 Å². The van der Waals surface area contributed by atoms with E-state index in [1.165, 1.54) is 12.5 Å². The molecule has 0 bridgehead atoms. The molecular weight excluding hydrogens is 1930 g/mol. The number of aromatic nitrogens is 8. The van der Waals surface area contributed by atoms with Gasteiger partial charge in [0.15, 0.2) is 21.4 Å². The van der Waals surface area contributed by atoms with Gasteiger partial charge in [0.25, 0.3) is 5.91 Å². The van der Waals surface area contributed by atoms with Gasteiger partial charge in [0, 0.05) is 172 Å². The minimum atomic E-state index is -0.154. The molecule has 150 heavy (non-hydrogen) atoms. The van der Waals surface area contributed by atoms with E-state index in [-0.39, 0.29) is 24.4 Å². The standard InChI is InChI=1S/C23H24N2O4.C22H29NO3.C21H23N3O.C21H28N2O3.C16H18N4O2S.C15H12N4OS/c1-16(26)25(15-17-13-20(27-2)10-12-22(17)28-3)21-14-18(24)9-11-23(21)29-19-7-5-4-6-8-19;1-3-14-24-15-16-25-17-18-26-22-12-8-20(9-13-22)5-4-19-6-10-21(23-2)11-7-19;1-4-14(2)24(3)21(25)19-13-15-9-5-6-10-16(15)20(23-19)17-11-7-8-12-18(17)22;1-3-12-24-13-14-25-15-16-26-21-11-8-19(17-23-21)5-4-18-6-9-20(22-2)10-7-18;1-20(2)16-18-10-12(23-16)4-6-15-19-13-5-3-11(21-8-7-17)9-14(13)22-15;1-9-3-4-10(7-16-9)11-8-19-12-5-6-13(20-2)18-14(12)21-15(19)17-11/h4-14H,15,24H2,1-3H3;4-13,23H,3,14-18H2,1-2H3;5-14H,4,22H2,1-3H3;4-11,17,22H,3,12-16H2,1-2H3;3-6,9-10H,7-8,17H2,1-2H3;3-8H,1-2H3/b;5-4+;;5-4+;6-4+;. The zero-order valence-electron chi connectivity index (χ0n) is 87.5. The van der Waals surface area contributed by atoms with E-state index in [1.807, 2.05) is 285 Å². The van der Waals surface area contributed by atoms with Gasteiger partial charge in [-0.1, -0.05) is 165 Å². The zero-order valence-corrected chi connectivity index (χ0v) is 89.2. The van der Waals surface area contributed by atoms with Crippen molar-refractivity contribution >= 4 is 142 Å². The van der Waals surface area contributed by atoms with Crippen LogP contribution in [0.2, 0.25) is 0 Å². The second kappa shape index (κ2) is 59.7. The van der Waals surface area contributed by atoms with Crippen LogP contribution in [0.15, 0.2) is 278 Å². The largest absolute Gasteiger partial charge is 0.497 e. The number of thiazole rings is 2. The Balaban J connectivity index is 0.000000160. The molecule has 2 amide bonds. The van der Waals surface area contributed by atoms with Crippen molar-refractivity contribution in [3.05, 3.63) is 323 Å². The quantitative estimate of drug-likeness (QED) is 0.0135. The fourth-order valence-corrected chi connectivity index (χ4v) is 16.3. The van der Waals surface area contributed by atoms with E-state index in [9.17, 15) is 9.59 Å². The molecule has 30 nitrogen and oxygen atoms in total. The number of oxazole rings is 1. The van der Waals surface area contributed by atoms with Gasteiger partial charge in [-0.25, -0.2) is 29.9 Å². The van der Waals surface area contributed by atoms with Crippen LogP contribution in [0.3, 0.4) is 0 Å². The number of nitrogens with zero attached hydrogens (tertiary/aromatic N) is 11. The van der Waals surface area contributed by atoms with Crippen molar-refractivity contribution < 1.29 is 66.1 Å². The molecule has 17 rings (SSSR count). The molecule has 782 valence electrons. The Bertz CT molecular complexity index is 7010. The molecule has 17 aromatic rings. The van der Waals surface area contributed by atoms with Crippen molar-refractivity contribution in [2.24, 2.45) is 5.73 Å². The highest BCUT2D eigenvalue weighted by atomic mass is 32.1. The number of nitrogens with two attached hydrogens (primary N) is 3. The molecule has 8 heterocycles. The number of nitrogens with one attached hydrogen (secondary N) is 2. The van der Waals surface area contributed by atoms with Gasteiger partial charge in [0.05, 0.1) is 90.1 Å². The van der Waals surface area contributed by atoms with Crippen LogP contribution in [-0.4, -0.2) is 198 Å². The molecule has 0 fully saturated rings. The van der Waals surface area contributed by atoms with Gasteiger partial charge in [0.2, 0.25) is 23.6 Å². The average Bonchev–Trinajstić information content (AvgIpc) is 1.42. The maximum atomic E-state index is 12.9. The Hall–Kier alpha value is -16.1.